The lowest BCUT2D eigenvalue weighted by molar-refractivity contribution is -0.0387. The van der Waals surface area contributed by atoms with Gasteiger partial charge in [0.15, 0.2) is 0 Å². The summed E-state index contributed by atoms with van der Waals surface area (Å²) in [5.41, 5.74) is 0. The number of aliphatic hydroxyl groups is 1. The molecule has 0 bridgehead atoms. The molecule has 0 spiro atoms. The zero-order valence-corrected chi connectivity index (χ0v) is 9.11. The molecule has 2 fully saturated rings. The molecule has 0 saturated heterocycles. The van der Waals surface area contributed by atoms with Gasteiger partial charge < -0.3 is 9.84 Å². The summed E-state index contributed by atoms with van der Waals surface area (Å²) in [6, 6.07) is 0. The summed E-state index contributed by atoms with van der Waals surface area (Å²) in [4.78, 5) is 0. The first kappa shape index (κ1) is 10.4. The predicted octanol–water partition coefficient (Wildman–Crippen LogP) is 2.35. The van der Waals surface area contributed by atoms with Crippen LogP contribution in [0.3, 0.4) is 0 Å². The molecule has 2 nitrogen and oxygen atoms in total. The van der Waals surface area contributed by atoms with Crippen LogP contribution in [0.15, 0.2) is 0 Å². The van der Waals surface area contributed by atoms with Crippen molar-refractivity contribution in [1.29, 1.82) is 0 Å². The molecular formula is C12H22O2. The third-order valence-corrected chi connectivity index (χ3v) is 3.50. The fourth-order valence-corrected chi connectivity index (χ4v) is 2.46. The van der Waals surface area contributed by atoms with Gasteiger partial charge in [0.2, 0.25) is 0 Å². The van der Waals surface area contributed by atoms with E-state index in [4.69, 9.17) is 4.74 Å². The fourth-order valence-electron chi connectivity index (χ4n) is 2.46. The third-order valence-electron chi connectivity index (χ3n) is 3.50. The lowest BCUT2D eigenvalue weighted by Crippen LogP contribution is -2.33. The van der Waals surface area contributed by atoms with E-state index in [0.717, 1.165) is 31.3 Å². The number of aliphatic hydroxyl groups excluding tert-OH is 1. The van der Waals surface area contributed by atoms with Crippen molar-refractivity contribution in [1.82, 2.24) is 0 Å². The normalized spacial score (nSPS) is 33.9. The quantitative estimate of drug-likeness (QED) is 0.710. The molecule has 2 heteroatoms. The van der Waals surface area contributed by atoms with Crippen molar-refractivity contribution < 1.29 is 9.84 Å². The first-order valence-electron chi connectivity index (χ1n) is 6.07. The Bertz CT molecular complexity index is 171. The Morgan fingerprint density at radius 3 is 2.43 bits per heavy atom. The van der Waals surface area contributed by atoms with Crippen molar-refractivity contribution in [2.24, 2.45) is 11.8 Å². The van der Waals surface area contributed by atoms with Crippen molar-refractivity contribution in [2.75, 3.05) is 6.61 Å². The van der Waals surface area contributed by atoms with Crippen LogP contribution in [0.2, 0.25) is 0 Å². The summed E-state index contributed by atoms with van der Waals surface area (Å²) < 4.78 is 5.50. The predicted molar refractivity (Wildman–Crippen MR) is 56.1 cm³/mol. The number of rotatable bonds is 6. The Balaban J connectivity index is 1.53. The van der Waals surface area contributed by atoms with Crippen molar-refractivity contribution in [3.63, 3.8) is 0 Å². The molecule has 0 amide bonds. The number of ether oxygens (including phenoxy) is 1. The second-order valence-corrected chi connectivity index (χ2v) is 4.98. The topological polar surface area (TPSA) is 29.5 Å². The second-order valence-electron chi connectivity index (χ2n) is 4.98. The molecule has 1 atom stereocenters. The van der Waals surface area contributed by atoms with E-state index >= 15 is 0 Å². The Morgan fingerprint density at radius 1 is 1.21 bits per heavy atom. The summed E-state index contributed by atoms with van der Waals surface area (Å²) in [5.74, 6) is 1.59. The highest BCUT2D eigenvalue weighted by Gasteiger charge is 2.32. The smallest absolute Gasteiger partial charge is 0.0580 e. The molecule has 2 saturated carbocycles. The summed E-state index contributed by atoms with van der Waals surface area (Å²) in [7, 11) is 0. The Labute approximate surface area is 86.6 Å². The lowest BCUT2D eigenvalue weighted by Gasteiger charge is -2.36. The van der Waals surface area contributed by atoms with Gasteiger partial charge in [-0.1, -0.05) is 12.8 Å². The number of hydrogen-bond donors (Lipinski definition) is 1. The SMILES string of the molecule is CCOC1CC(CC(O)CC2CC2)C1. The Kier molecular flexibility index (Phi) is 3.45. The molecule has 14 heavy (non-hydrogen) atoms. The molecule has 82 valence electrons. The first-order chi connectivity index (χ1) is 6.78. The van der Waals surface area contributed by atoms with Crippen molar-refractivity contribution in [3.8, 4) is 0 Å². The highest BCUT2D eigenvalue weighted by Crippen LogP contribution is 2.38. The largest absolute Gasteiger partial charge is 0.393 e. The van der Waals surface area contributed by atoms with Crippen molar-refractivity contribution >= 4 is 0 Å². The van der Waals surface area contributed by atoms with E-state index in [-0.39, 0.29) is 6.10 Å². The third kappa shape index (κ3) is 2.96. The van der Waals surface area contributed by atoms with Crippen LogP contribution in [0, 0.1) is 11.8 Å². The standard InChI is InChI=1S/C12H22O2/c1-2-14-12-7-10(8-12)6-11(13)5-9-3-4-9/h9-13H,2-8H2,1H3. The molecule has 0 radical (unpaired) electrons. The Morgan fingerprint density at radius 2 is 1.86 bits per heavy atom. The zero-order chi connectivity index (χ0) is 9.97. The van der Waals surface area contributed by atoms with E-state index in [9.17, 15) is 5.11 Å². The molecule has 0 aromatic heterocycles. The molecule has 0 aromatic carbocycles. The van der Waals surface area contributed by atoms with Gasteiger partial charge in [0.05, 0.1) is 12.2 Å². The van der Waals surface area contributed by atoms with Crippen molar-refractivity contribution in [2.45, 2.75) is 57.7 Å². The summed E-state index contributed by atoms with van der Waals surface area (Å²) in [6.45, 7) is 2.89. The van der Waals surface area contributed by atoms with Crippen LogP contribution in [0.4, 0.5) is 0 Å². The van der Waals surface area contributed by atoms with Gasteiger partial charge in [-0.05, 0) is 44.4 Å². The molecule has 0 heterocycles. The van der Waals surface area contributed by atoms with Gasteiger partial charge in [0.25, 0.3) is 0 Å². The zero-order valence-electron chi connectivity index (χ0n) is 9.11. The van der Waals surface area contributed by atoms with Crippen LogP contribution < -0.4 is 0 Å². The van der Waals surface area contributed by atoms with E-state index in [1.807, 2.05) is 0 Å². The molecule has 2 aliphatic carbocycles. The minimum Gasteiger partial charge on any atom is -0.393 e. The highest BCUT2D eigenvalue weighted by molar-refractivity contribution is 4.84. The minimum atomic E-state index is -0.0323. The average molecular weight is 198 g/mol. The number of hydrogen-bond acceptors (Lipinski definition) is 2. The molecule has 1 N–H and O–H groups in total. The highest BCUT2D eigenvalue weighted by atomic mass is 16.5. The van der Waals surface area contributed by atoms with Crippen LogP contribution >= 0.6 is 0 Å². The van der Waals surface area contributed by atoms with Gasteiger partial charge in [-0.15, -0.1) is 0 Å². The molecular weight excluding hydrogens is 176 g/mol. The van der Waals surface area contributed by atoms with Gasteiger partial charge in [0.1, 0.15) is 0 Å². The molecule has 1 unspecified atom stereocenters. The molecule has 0 aliphatic heterocycles. The van der Waals surface area contributed by atoms with E-state index in [1.165, 1.54) is 25.7 Å². The van der Waals surface area contributed by atoms with Gasteiger partial charge >= 0.3 is 0 Å². The van der Waals surface area contributed by atoms with E-state index < -0.39 is 0 Å². The van der Waals surface area contributed by atoms with Crippen LogP contribution in [0.5, 0.6) is 0 Å². The monoisotopic (exact) mass is 198 g/mol. The van der Waals surface area contributed by atoms with Gasteiger partial charge in [-0.2, -0.15) is 0 Å². The van der Waals surface area contributed by atoms with Crippen LogP contribution in [-0.2, 0) is 4.74 Å². The summed E-state index contributed by atoms with van der Waals surface area (Å²) >= 11 is 0. The van der Waals surface area contributed by atoms with Crippen LogP contribution in [0.25, 0.3) is 0 Å². The summed E-state index contributed by atoms with van der Waals surface area (Å²) in [5, 5.41) is 9.77. The average Bonchev–Trinajstić information content (AvgIpc) is 2.84. The maximum atomic E-state index is 9.77. The van der Waals surface area contributed by atoms with E-state index in [0.29, 0.717) is 6.10 Å². The maximum Gasteiger partial charge on any atom is 0.0580 e. The van der Waals surface area contributed by atoms with Gasteiger partial charge in [-0.3, -0.25) is 0 Å². The maximum absolute atomic E-state index is 9.77. The molecule has 2 rings (SSSR count). The summed E-state index contributed by atoms with van der Waals surface area (Å²) in [6.07, 6.45) is 7.58. The van der Waals surface area contributed by atoms with Gasteiger partial charge in [-0.25, -0.2) is 0 Å². The van der Waals surface area contributed by atoms with Crippen LogP contribution in [-0.4, -0.2) is 23.9 Å². The lowest BCUT2D eigenvalue weighted by atomic mass is 9.78. The van der Waals surface area contributed by atoms with E-state index in [1.54, 1.807) is 0 Å². The van der Waals surface area contributed by atoms with Gasteiger partial charge in [0, 0.05) is 6.61 Å². The first-order valence-corrected chi connectivity index (χ1v) is 6.07. The van der Waals surface area contributed by atoms with E-state index in [2.05, 4.69) is 6.92 Å². The van der Waals surface area contributed by atoms with Crippen LogP contribution in [0.1, 0.15) is 45.4 Å². The molecule has 0 aromatic rings. The second kappa shape index (κ2) is 4.63. The fraction of sp³-hybridized carbons (Fsp3) is 1.00. The van der Waals surface area contributed by atoms with Crippen molar-refractivity contribution in [3.05, 3.63) is 0 Å². The minimum absolute atomic E-state index is 0.0323. The molecule has 2 aliphatic rings. The Hall–Kier alpha value is -0.0800.